The molecule has 2 aromatic rings. The summed E-state index contributed by atoms with van der Waals surface area (Å²) < 4.78 is 1.30. The number of carboxylic acids is 1. The van der Waals surface area contributed by atoms with E-state index < -0.39 is 22.5 Å². The van der Waals surface area contributed by atoms with E-state index >= 15 is 0 Å². The lowest BCUT2D eigenvalue weighted by Crippen LogP contribution is -2.30. The van der Waals surface area contributed by atoms with E-state index in [0.29, 0.717) is 10.9 Å². The van der Waals surface area contributed by atoms with Gasteiger partial charge in [0.2, 0.25) is 0 Å². The standard InChI is InChI=1S/C13H10Cl3NO3/c14-5-7(15)6-17-9-4-2-1-3-8(9)11(16)10(12(17)18)13(19)20/h1-4,7H,5-6H2,(H,19,20). The quantitative estimate of drug-likeness (QED) is 0.874. The number of hydrogen-bond acceptors (Lipinski definition) is 2. The van der Waals surface area contributed by atoms with Crippen molar-refractivity contribution in [3.8, 4) is 0 Å². The SMILES string of the molecule is O=C(O)c1c(Cl)c2ccccc2n(CC(Cl)CCl)c1=O. The molecule has 0 aliphatic carbocycles. The third kappa shape index (κ3) is 2.64. The minimum atomic E-state index is -1.36. The second-order valence-corrected chi connectivity index (χ2v) is 5.48. The number of rotatable bonds is 4. The maximum atomic E-state index is 12.3. The smallest absolute Gasteiger partial charge is 0.342 e. The van der Waals surface area contributed by atoms with Crippen LogP contribution >= 0.6 is 34.8 Å². The number of benzene rings is 1. The third-order valence-electron chi connectivity index (χ3n) is 2.87. The highest BCUT2D eigenvalue weighted by Gasteiger charge is 2.21. The third-order valence-corrected chi connectivity index (χ3v) is 4.09. The topological polar surface area (TPSA) is 59.3 Å². The van der Waals surface area contributed by atoms with Crippen LogP contribution in [0.2, 0.25) is 5.02 Å². The summed E-state index contributed by atoms with van der Waals surface area (Å²) in [5, 5.41) is 9.11. The number of aromatic nitrogens is 1. The predicted molar refractivity (Wildman–Crippen MR) is 80.5 cm³/mol. The Labute approximate surface area is 129 Å². The summed E-state index contributed by atoms with van der Waals surface area (Å²) in [5.41, 5.74) is -0.607. The molecule has 0 spiro atoms. The van der Waals surface area contributed by atoms with Gasteiger partial charge in [0.15, 0.2) is 0 Å². The molecule has 2 rings (SSSR count). The van der Waals surface area contributed by atoms with E-state index in [1.165, 1.54) is 4.57 Å². The van der Waals surface area contributed by atoms with Gasteiger partial charge in [-0.2, -0.15) is 0 Å². The Hall–Kier alpha value is -1.23. The molecule has 7 heteroatoms. The first kappa shape index (κ1) is 15.2. The van der Waals surface area contributed by atoms with Crippen LogP contribution in [-0.4, -0.2) is 26.9 Å². The van der Waals surface area contributed by atoms with Gasteiger partial charge in [-0.15, -0.1) is 23.2 Å². The van der Waals surface area contributed by atoms with E-state index in [-0.39, 0.29) is 17.4 Å². The van der Waals surface area contributed by atoms with Gasteiger partial charge in [0.05, 0.1) is 15.9 Å². The fraction of sp³-hybridized carbons (Fsp3) is 0.231. The molecule has 0 amide bonds. The van der Waals surface area contributed by atoms with Crippen molar-refractivity contribution in [2.75, 3.05) is 5.88 Å². The number of aromatic carboxylic acids is 1. The fourth-order valence-corrected chi connectivity index (χ4v) is 2.54. The molecule has 4 nitrogen and oxygen atoms in total. The summed E-state index contributed by atoms with van der Waals surface area (Å²) in [6, 6.07) is 6.80. The molecule has 1 atom stereocenters. The Morgan fingerprint density at radius 1 is 1.35 bits per heavy atom. The summed E-state index contributed by atoms with van der Waals surface area (Å²) in [7, 11) is 0. The zero-order valence-corrected chi connectivity index (χ0v) is 12.4. The first-order chi connectivity index (χ1) is 9.47. The van der Waals surface area contributed by atoms with Crippen LogP contribution in [0.3, 0.4) is 0 Å². The lowest BCUT2D eigenvalue weighted by Gasteiger charge is -2.15. The first-order valence-electron chi connectivity index (χ1n) is 5.71. The molecule has 1 aromatic heterocycles. The molecule has 0 saturated heterocycles. The van der Waals surface area contributed by atoms with Gasteiger partial charge < -0.3 is 9.67 Å². The maximum absolute atomic E-state index is 12.3. The van der Waals surface area contributed by atoms with Crippen LogP contribution in [0.5, 0.6) is 0 Å². The van der Waals surface area contributed by atoms with Crippen molar-refractivity contribution in [2.24, 2.45) is 0 Å². The number of fused-ring (bicyclic) bond motifs is 1. The van der Waals surface area contributed by atoms with E-state index in [4.69, 9.17) is 39.9 Å². The Morgan fingerprint density at radius 2 is 2.00 bits per heavy atom. The molecule has 0 bridgehead atoms. The van der Waals surface area contributed by atoms with Gasteiger partial charge in [-0.25, -0.2) is 4.79 Å². The Balaban J connectivity index is 2.84. The van der Waals surface area contributed by atoms with E-state index in [0.717, 1.165) is 0 Å². The number of carboxylic acid groups (broad SMARTS) is 1. The summed E-state index contributed by atoms with van der Waals surface area (Å²) in [5.74, 6) is -1.22. The highest BCUT2D eigenvalue weighted by Crippen LogP contribution is 2.25. The van der Waals surface area contributed by atoms with Crippen molar-refractivity contribution in [3.05, 3.63) is 45.2 Å². The molecule has 20 heavy (non-hydrogen) atoms. The Morgan fingerprint density at radius 3 is 2.60 bits per heavy atom. The largest absolute Gasteiger partial charge is 0.477 e. The Kier molecular flexibility index (Phi) is 4.58. The van der Waals surface area contributed by atoms with E-state index in [1.807, 2.05) is 0 Å². The van der Waals surface area contributed by atoms with Gasteiger partial charge in [-0.1, -0.05) is 29.8 Å². The minimum absolute atomic E-state index is 0.0636. The van der Waals surface area contributed by atoms with Crippen LogP contribution in [0.4, 0.5) is 0 Å². The Bertz CT molecular complexity index is 727. The molecule has 106 valence electrons. The van der Waals surface area contributed by atoms with Crippen LogP contribution in [0.15, 0.2) is 29.1 Å². The van der Waals surface area contributed by atoms with Gasteiger partial charge in [0.1, 0.15) is 5.56 Å². The summed E-state index contributed by atoms with van der Waals surface area (Å²) in [6.07, 6.45) is 0. The molecule has 0 aliphatic heterocycles. The van der Waals surface area contributed by atoms with Crippen LogP contribution in [0, 0.1) is 0 Å². The van der Waals surface area contributed by atoms with Gasteiger partial charge in [-0.05, 0) is 6.07 Å². The van der Waals surface area contributed by atoms with Crippen LogP contribution in [0.1, 0.15) is 10.4 Å². The van der Waals surface area contributed by atoms with Gasteiger partial charge in [0, 0.05) is 17.8 Å². The molecular weight excluding hydrogens is 325 g/mol. The molecular formula is C13H10Cl3NO3. The minimum Gasteiger partial charge on any atom is -0.477 e. The predicted octanol–water partition coefficient (Wildman–Crippen LogP) is 3.20. The van der Waals surface area contributed by atoms with Crippen molar-refractivity contribution in [3.63, 3.8) is 0 Å². The van der Waals surface area contributed by atoms with E-state index in [2.05, 4.69) is 0 Å². The summed E-state index contributed by atoms with van der Waals surface area (Å²) in [6.45, 7) is 0.113. The molecule has 1 N–H and O–H groups in total. The zero-order chi connectivity index (χ0) is 14.9. The molecule has 1 aromatic carbocycles. The number of carbonyl (C=O) groups is 1. The molecule has 0 saturated carbocycles. The monoisotopic (exact) mass is 333 g/mol. The molecule has 0 aliphatic rings. The number of alkyl halides is 2. The van der Waals surface area contributed by atoms with Crippen LogP contribution < -0.4 is 5.56 Å². The maximum Gasteiger partial charge on any atom is 0.342 e. The lowest BCUT2D eigenvalue weighted by atomic mass is 10.1. The van der Waals surface area contributed by atoms with Crippen molar-refractivity contribution in [1.82, 2.24) is 4.57 Å². The van der Waals surface area contributed by atoms with Crippen LogP contribution in [0.25, 0.3) is 10.9 Å². The van der Waals surface area contributed by atoms with Crippen molar-refractivity contribution in [1.29, 1.82) is 0 Å². The van der Waals surface area contributed by atoms with Crippen LogP contribution in [-0.2, 0) is 6.54 Å². The highest BCUT2D eigenvalue weighted by atomic mass is 35.5. The van der Waals surface area contributed by atoms with Crippen molar-refractivity contribution >= 4 is 51.7 Å². The summed E-state index contributed by atoms with van der Waals surface area (Å²) in [4.78, 5) is 23.5. The fourth-order valence-electron chi connectivity index (χ4n) is 1.98. The molecule has 0 fully saturated rings. The van der Waals surface area contributed by atoms with Gasteiger partial charge >= 0.3 is 5.97 Å². The zero-order valence-electron chi connectivity index (χ0n) is 10.1. The lowest BCUT2D eigenvalue weighted by molar-refractivity contribution is 0.0694. The van der Waals surface area contributed by atoms with Crippen molar-refractivity contribution < 1.29 is 9.90 Å². The summed E-state index contributed by atoms with van der Waals surface area (Å²) >= 11 is 17.7. The molecule has 1 heterocycles. The number of hydrogen-bond donors (Lipinski definition) is 1. The normalized spacial score (nSPS) is 12.6. The number of pyridine rings is 1. The van der Waals surface area contributed by atoms with Gasteiger partial charge in [-0.3, -0.25) is 4.79 Å². The average Bonchev–Trinajstić information content (AvgIpc) is 2.43. The second kappa shape index (κ2) is 6.04. The molecule has 0 radical (unpaired) electrons. The van der Waals surface area contributed by atoms with E-state index in [9.17, 15) is 9.59 Å². The average molecular weight is 335 g/mol. The second-order valence-electron chi connectivity index (χ2n) is 4.18. The number of nitrogens with zero attached hydrogens (tertiary/aromatic N) is 1. The van der Waals surface area contributed by atoms with Gasteiger partial charge in [0.25, 0.3) is 5.56 Å². The van der Waals surface area contributed by atoms with E-state index in [1.54, 1.807) is 24.3 Å². The van der Waals surface area contributed by atoms with Crippen molar-refractivity contribution in [2.45, 2.75) is 11.9 Å². The first-order valence-corrected chi connectivity index (χ1v) is 7.06. The number of para-hydroxylation sites is 1. The molecule has 1 unspecified atom stereocenters. The number of halogens is 3. The highest BCUT2D eigenvalue weighted by molar-refractivity contribution is 6.38.